The van der Waals surface area contributed by atoms with Gasteiger partial charge >= 0.3 is 0 Å². The molecule has 1 rings (SSSR count). The standard InChI is InChI=1S/C6H8OSi.C4H7NO.C2H7N/c8-7-6-4-2-1-3-5-6;1-2-3-4(5)6;1-3-2/h1-5H,8H3;2-3H,1H3,(H2,5,6);3H,1-2H3. The Hall–Kier alpha value is -1.59. The number of nitrogens with two attached hydrogens (primary N) is 1. The summed E-state index contributed by atoms with van der Waals surface area (Å²) < 4.78 is 5.05. The number of carbonyl (C=O) groups is 1. The molecule has 1 aromatic carbocycles. The SMILES string of the molecule is CC=CC(N)=O.CNC.[SiH3]Oc1ccccc1. The molecule has 0 heterocycles. The summed E-state index contributed by atoms with van der Waals surface area (Å²) in [4.78, 5) is 9.73. The van der Waals surface area contributed by atoms with Crippen molar-refractivity contribution >= 4 is 16.4 Å². The van der Waals surface area contributed by atoms with E-state index in [0.717, 1.165) is 16.2 Å². The molecule has 0 fully saturated rings. The second-order valence-corrected chi connectivity index (χ2v) is 3.33. The first kappa shape index (κ1) is 17.8. The molecule has 0 saturated heterocycles. The minimum Gasteiger partial charge on any atom is -0.553 e. The number of primary amides is 1. The van der Waals surface area contributed by atoms with Crippen LogP contribution in [0.25, 0.3) is 0 Å². The first-order chi connectivity index (χ1) is 8.12. The summed E-state index contributed by atoms with van der Waals surface area (Å²) in [6.07, 6.45) is 2.91. The topological polar surface area (TPSA) is 64.4 Å². The zero-order valence-corrected chi connectivity index (χ0v) is 12.9. The molecule has 0 aliphatic carbocycles. The summed E-state index contributed by atoms with van der Waals surface area (Å²) in [7, 11) is 4.53. The van der Waals surface area contributed by atoms with E-state index in [1.54, 1.807) is 13.0 Å². The smallest absolute Gasteiger partial charge is 0.241 e. The van der Waals surface area contributed by atoms with Gasteiger partial charge in [0.25, 0.3) is 0 Å². The van der Waals surface area contributed by atoms with E-state index in [4.69, 9.17) is 4.43 Å². The van der Waals surface area contributed by atoms with Gasteiger partial charge in [-0.25, -0.2) is 0 Å². The van der Waals surface area contributed by atoms with Crippen molar-refractivity contribution in [2.75, 3.05) is 14.1 Å². The normalized spacial score (nSPS) is 8.65. The highest BCUT2D eigenvalue weighted by Gasteiger charge is 1.79. The lowest BCUT2D eigenvalue weighted by atomic mass is 10.3. The summed E-state index contributed by atoms with van der Waals surface area (Å²) in [6.45, 7) is 1.74. The van der Waals surface area contributed by atoms with Crippen LogP contribution in [-0.2, 0) is 4.79 Å². The molecular formula is C12H22N2O2Si. The first-order valence-corrected chi connectivity index (χ1v) is 6.03. The van der Waals surface area contributed by atoms with Gasteiger partial charge in [0.05, 0.1) is 0 Å². The van der Waals surface area contributed by atoms with Gasteiger partial charge in [0.2, 0.25) is 16.4 Å². The quantitative estimate of drug-likeness (QED) is 0.586. The van der Waals surface area contributed by atoms with Crippen LogP contribution in [0.3, 0.4) is 0 Å². The maximum absolute atomic E-state index is 9.73. The van der Waals surface area contributed by atoms with Crippen molar-refractivity contribution in [1.82, 2.24) is 5.32 Å². The molecule has 0 bridgehead atoms. The Balaban J connectivity index is 0. The summed E-state index contributed by atoms with van der Waals surface area (Å²) in [5.41, 5.74) is 4.68. The fraction of sp³-hybridized carbons (Fsp3) is 0.250. The molecule has 96 valence electrons. The number of para-hydroxylation sites is 1. The highest BCUT2D eigenvalue weighted by atomic mass is 28.2. The number of amides is 1. The van der Waals surface area contributed by atoms with Crippen LogP contribution in [0, 0.1) is 0 Å². The van der Waals surface area contributed by atoms with Gasteiger partial charge in [-0.3, -0.25) is 4.79 Å². The lowest BCUT2D eigenvalue weighted by molar-refractivity contribution is -0.113. The predicted octanol–water partition coefficient (Wildman–Crippen LogP) is 0.229. The fourth-order valence-corrected chi connectivity index (χ4v) is 0.993. The van der Waals surface area contributed by atoms with Crippen LogP contribution in [0.5, 0.6) is 5.75 Å². The molecule has 0 unspecified atom stereocenters. The Bertz CT molecular complexity index is 303. The average molecular weight is 254 g/mol. The van der Waals surface area contributed by atoms with Crippen molar-refractivity contribution in [3.63, 3.8) is 0 Å². The first-order valence-electron chi connectivity index (χ1n) is 5.22. The molecule has 0 saturated carbocycles. The van der Waals surface area contributed by atoms with Gasteiger partial charge in [0.15, 0.2) is 0 Å². The van der Waals surface area contributed by atoms with Gasteiger partial charge in [0.1, 0.15) is 5.75 Å². The molecule has 17 heavy (non-hydrogen) atoms. The molecule has 0 aliphatic heterocycles. The number of hydrogen-bond donors (Lipinski definition) is 2. The molecular weight excluding hydrogens is 232 g/mol. The Morgan fingerprint density at radius 1 is 1.35 bits per heavy atom. The molecule has 0 radical (unpaired) electrons. The molecule has 0 aromatic heterocycles. The van der Waals surface area contributed by atoms with E-state index in [-0.39, 0.29) is 0 Å². The van der Waals surface area contributed by atoms with Gasteiger partial charge < -0.3 is 15.5 Å². The van der Waals surface area contributed by atoms with Crippen LogP contribution >= 0.6 is 0 Å². The molecule has 1 amide bonds. The zero-order chi connectivity index (χ0) is 13.5. The number of hydrogen-bond acceptors (Lipinski definition) is 3. The summed E-state index contributed by atoms with van der Waals surface area (Å²) >= 11 is 0. The summed E-state index contributed by atoms with van der Waals surface area (Å²) in [5.74, 6) is 0.580. The van der Waals surface area contributed by atoms with E-state index in [1.807, 2.05) is 44.4 Å². The highest BCUT2D eigenvalue weighted by Crippen LogP contribution is 2.05. The Labute approximate surface area is 106 Å². The van der Waals surface area contributed by atoms with Crippen molar-refractivity contribution in [2.45, 2.75) is 6.92 Å². The Morgan fingerprint density at radius 2 is 1.82 bits per heavy atom. The maximum atomic E-state index is 9.73. The van der Waals surface area contributed by atoms with Crippen LogP contribution in [0.1, 0.15) is 6.92 Å². The molecule has 4 nitrogen and oxygen atoms in total. The van der Waals surface area contributed by atoms with E-state index in [2.05, 4.69) is 11.1 Å². The van der Waals surface area contributed by atoms with Gasteiger partial charge in [-0.1, -0.05) is 24.3 Å². The molecule has 0 aliphatic rings. The van der Waals surface area contributed by atoms with Gasteiger partial charge in [-0.2, -0.15) is 0 Å². The highest BCUT2D eigenvalue weighted by molar-refractivity contribution is 5.99. The van der Waals surface area contributed by atoms with Crippen LogP contribution < -0.4 is 15.5 Å². The largest absolute Gasteiger partial charge is 0.553 e. The van der Waals surface area contributed by atoms with E-state index >= 15 is 0 Å². The van der Waals surface area contributed by atoms with Gasteiger partial charge in [-0.05, 0) is 39.2 Å². The summed E-state index contributed by atoms with van der Waals surface area (Å²) in [6, 6.07) is 9.81. The van der Waals surface area contributed by atoms with Crippen molar-refractivity contribution in [3.05, 3.63) is 42.5 Å². The lowest BCUT2D eigenvalue weighted by Gasteiger charge is -1.95. The molecule has 0 atom stereocenters. The third-order valence-corrected chi connectivity index (χ3v) is 1.78. The molecule has 0 spiro atoms. The monoisotopic (exact) mass is 254 g/mol. The van der Waals surface area contributed by atoms with Crippen molar-refractivity contribution in [1.29, 1.82) is 0 Å². The van der Waals surface area contributed by atoms with Gasteiger partial charge in [0, 0.05) is 0 Å². The average Bonchev–Trinajstić information content (AvgIpc) is 2.32. The van der Waals surface area contributed by atoms with Crippen molar-refractivity contribution in [3.8, 4) is 5.75 Å². The third kappa shape index (κ3) is 17.0. The fourth-order valence-electron chi connectivity index (χ4n) is 0.721. The van der Waals surface area contributed by atoms with E-state index in [9.17, 15) is 4.79 Å². The Morgan fingerprint density at radius 3 is 2.00 bits per heavy atom. The van der Waals surface area contributed by atoms with E-state index < -0.39 is 5.91 Å². The molecule has 5 heteroatoms. The minimum absolute atomic E-state index is 0.391. The second kappa shape index (κ2) is 14.4. The van der Waals surface area contributed by atoms with Crippen molar-refractivity contribution in [2.24, 2.45) is 5.73 Å². The van der Waals surface area contributed by atoms with Crippen LogP contribution in [0.15, 0.2) is 42.5 Å². The van der Waals surface area contributed by atoms with Crippen LogP contribution in [0.2, 0.25) is 0 Å². The number of carbonyl (C=O) groups excluding carboxylic acids is 1. The van der Waals surface area contributed by atoms with Crippen LogP contribution in [0.4, 0.5) is 0 Å². The maximum Gasteiger partial charge on any atom is 0.241 e. The van der Waals surface area contributed by atoms with E-state index in [0.29, 0.717) is 0 Å². The minimum atomic E-state index is -0.391. The number of nitrogens with one attached hydrogen (secondary N) is 1. The summed E-state index contributed by atoms with van der Waals surface area (Å²) in [5, 5.41) is 2.75. The number of benzene rings is 1. The van der Waals surface area contributed by atoms with Crippen LogP contribution in [-0.4, -0.2) is 30.5 Å². The third-order valence-electron chi connectivity index (χ3n) is 1.31. The number of rotatable bonds is 2. The van der Waals surface area contributed by atoms with Gasteiger partial charge in [-0.15, -0.1) is 0 Å². The molecule has 1 aromatic rings. The molecule has 3 N–H and O–H groups in total. The van der Waals surface area contributed by atoms with E-state index in [1.165, 1.54) is 6.08 Å². The zero-order valence-electron chi connectivity index (χ0n) is 10.9. The number of allylic oxidation sites excluding steroid dienone is 1. The Kier molecular flexibility index (Phi) is 15.1. The lowest BCUT2D eigenvalue weighted by Crippen LogP contribution is -2.04. The second-order valence-electron chi connectivity index (χ2n) is 2.92. The van der Waals surface area contributed by atoms with Crippen molar-refractivity contribution < 1.29 is 9.22 Å². The predicted molar refractivity (Wildman–Crippen MR) is 76.0 cm³/mol.